The van der Waals surface area contributed by atoms with Gasteiger partial charge in [-0.05, 0) is 29.3 Å². The SMILES string of the molecule is CN(CCC#N)C(=O)/C=C/c1ccc2c(c1)CCO2. The molecule has 4 nitrogen and oxygen atoms in total. The maximum atomic E-state index is 11.8. The molecule has 0 saturated carbocycles. The number of carbonyl (C=O) groups is 1. The van der Waals surface area contributed by atoms with Crippen LogP contribution in [0.15, 0.2) is 24.3 Å². The number of rotatable bonds is 4. The number of ether oxygens (including phenoxy) is 1. The van der Waals surface area contributed by atoms with E-state index < -0.39 is 0 Å². The molecule has 98 valence electrons. The van der Waals surface area contributed by atoms with E-state index in [9.17, 15) is 4.79 Å². The van der Waals surface area contributed by atoms with Crippen LogP contribution in [0.1, 0.15) is 17.5 Å². The topological polar surface area (TPSA) is 53.3 Å². The van der Waals surface area contributed by atoms with E-state index in [1.54, 1.807) is 13.1 Å². The molecule has 1 heterocycles. The molecule has 0 atom stereocenters. The summed E-state index contributed by atoms with van der Waals surface area (Å²) in [4.78, 5) is 13.3. The highest BCUT2D eigenvalue weighted by Gasteiger charge is 2.11. The van der Waals surface area contributed by atoms with Crippen molar-refractivity contribution in [3.63, 3.8) is 0 Å². The van der Waals surface area contributed by atoms with Crippen molar-refractivity contribution < 1.29 is 9.53 Å². The van der Waals surface area contributed by atoms with E-state index in [1.165, 1.54) is 16.5 Å². The molecule has 4 heteroatoms. The monoisotopic (exact) mass is 256 g/mol. The van der Waals surface area contributed by atoms with Crippen molar-refractivity contribution in [2.75, 3.05) is 20.2 Å². The average molecular weight is 256 g/mol. The first-order valence-electron chi connectivity index (χ1n) is 6.26. The van der Waals surface area contributed by atoms with Crippen molar-refractivity contribution >= 4 is 12.0 Å². The summed E-state index contributed by atoms with van der Waals surface area (Å²) in [5.74, 6) is 0.849. The molecule has 0 spiro atoms. The summed E-state index contributed by atoms with van der Waals surface area (Å²) in [5.41, 5.74) is 2.18. The number of nitrogens with zero attached hydrogens (tertiary/aromatic N) is 2. The lowest BCUT2D eigenvalue weighted by Gasteiger charge is -2.12. The molecular weight excluding hydrogens is 240 g/mol. The van der Waals surface area contributed by atoms with Gasteiger partial charge >= 0.3 is 0 Å². The van der Waals surface area contributed by atoms with Crippen LogP contribution < -0.4 is 4.74 Å². The Morgan fingerprint density at radius 1 is 1.58 bits per heavy atom. The van der Waals surface area contributed by atoms with E-state index in [-0.39, 0.29) is 5.91 Å². The minimum atomic E-state index is -0.0907. The van der Waals surface area contributed by atoms with Crippen LogP contribution in [0.5, 0.6) is 5.75 Å². The summed E-state index contributed by atoms with van der Waals surface area (Å²) in [5, 5.41) is 8.48. The fourth-order valence-electron chi connectivity index (χ4n) is 1.93. The Kier molecular flexibility index (Phi) is 4.19. The summed E-state index contributed by atoms with van der Waals surface area (Å²) in [6.07, 6.45) is 4.61. The molecule has 1 aromatic rings. The van der Waals surface area contributed by atoms with Crippen molar-refractivity contribution in [1.29, 1.82) is 5.26 Å². The molecule has 0 fully saturated rings. The fourth-order valence-corrected chi connectivity index (χ4v) is 1.93. The first-order valence-corrected chi connectivity index (χ1v) is 6.26. The minimum absolute atomic E-state index is 0.0907. The standard InChI is InChI=1S/C15H16N2O2/c1-17(9-2-8-16)15(18)6-4-12-3-5-14-13(11-12)7-10-19-14/h3-6,11H,2,7,9-10H2,1H3/b6-4+. The van der Waals surface area contributed by atoms with Crippen LogP contribution in [0.3, 0.4) is 0 Å². The van der Waals surface area contributed by atoms with Gasteiger partial charge in [0.05, 0.1) is 19.1 Å². The molecule has 0 bridgehead atoms. The molecule has 0 unspecified atom stereocenters. The number of fused-ring (bicyclic) bond motifs is 1. The number of benzene rings is 1. The van der Waals surface area contributed by atoms with Gasteiger partial charge in [0.15, 0.2) is 0 Å². The van der Waals surface area contributed by atoms with Crippen LogP contribution in [-0.4, -0.2) is 31.0 Å². The van der Waals surface area contributed by atoms with Crippen LogP contribution in [0.25, 0.3) is 6.08 Å². The number of hydrogen-bond donors (Lipinski definition) is 0. The van der Waals surface area contributed by atoms with Gasteiger partial charge < -0.3 is 9.64 Å². The second-order valence-electron chi connectivity index (χ2n) is 4.47. The lowest BCUT2D eigenvalue weighted by molar-refractivity contribution is -0.124. The van der Waals surface area contributed by atoms with Gasteiger partial charge in [0.1, 0.15) is 5.75 Å². The van der Waals surface area contributed by atoms with Gasteiger partial charge in [-0.1, -0.05) is 6.07 Å². The fraction of sp³-hybridized carbons (Fsp3) is 0.333. The molecule has 1 aliphatic rings. The highest BCUT2D eigenvalue weighted by atomic mass is 16.5. The summed E-state index contributed by atoms with van der Waals surface area (Å²) in [7, 11) is 1.69. The third-order valence-electron chi connectivity index (χ3n) is 3.07. The first-order chi connectivity index (χ1) is 9.20. The Bertz CT molecular complexity index is 544. The minimum Gasteiger partial charge on any atom is -0.493 e. The summed E-state index contributed by atoms with van der Waals surface area (Å²) < 4.78 is 5.43. The molecule has 0 radical (unpaired) electrons. The van der Waals surface area contributed by atoms with E-state index in [0.29, 0.717) is 13.0 Å². The van der Waals surface area contributed by atoms with Crippen molar-refractivity contribution in [1.82, 2.24) is 4.90 Å². The second kappa shape index (κ2) is 6.05. The van der Waals surface area contributed by atoms with Crippen LogP contribution in [0.2, 0.25) is 0 Å². The smallest absolute Gasteiger partial charge is 0.246 e. The lowest BCUT2D eigenvalue weighted by atomic mass is 10.1. The first kappa shape index (κ1) is 13.2. The number of nitriles is 1. The molecule has 1 amide bonds. The van der Waals surface area contributed by atoms with E-state index in [2.05, 4.69) is 0 Å². The summed E-state index contributed by atoms with van der Waals surface area (Å²) in [6, 6.07) is 7.94. The number of hydrogen-bond acceptors (Lipinski definition) is 3. The maximum Gasteiger partial charge on any atom is 0.246 e. The Balaban J connectivity index is 1.99. The van der Waals surface area contributed by atoms with E-state index in [0.717, 1.165) is 24.3 Å². The number of carbonyl (C=O) groups excluding carboxylic acids is 1. The van der Waals surface area contributed by atoms with Crippen molar-refractivity contribution in [3.05, 3.63) is 35.4 Å². The van der Waals surface area contributed by atoms with E-state index in [1.807, 2.05) is 24.3 Å². The van der Waals surface area contributed by atoms with Gasteiger partial charge in [-0.3, -0.25) is 4.79 Å². The lowest BCUT2D eigenvalue weighted by Crippen LogP contribution is -2.25. The zero-order chi connectivity index (χ0) is 13.7. The molecule has 0 saturated heterocycles. The molecule has 2 rings (SSSR count). The normalized spacial score (nSPS) is 12.8. The number of likely N-dealkylation sites (N-methyl/N-ethyl adjacent to an activating group) is 1. The molecule has 0 N–H and O–H groups in total. The third kappa shape index (κ3) is 3.35. The zero-order valence-corrected chi connectivity index (χ0v) is 10.9. The molecule has 1 aliphatic heterocycles. The number of amides is 1. The van der Waals surface area contributed by atoms with E-state index in [4.69, 9.17) is 10.00 Å². The van der Waals surface area contributed by atoms with Crippen LogP contribution >= 0.6 is 0 Å². The Morgan fingerprint density at radius 3 is 3.21 bits per heavy atom. The predicted molar refractivity (Wildman–Crippen MR) is 72.5 cm³/mol. The molecular formula is C15H16N2O2. The van der Waals surface area contributed by atoms with Crippen LogP contribution in [0.4, 0.5) is 0 Å². The Labute approximate surface area is 112 Å². The molecule has 1 aromatic carbocycles. The van der Waals surface area contributed by atoms with Crippen LogP contribution in [-0.2, 0) is 11.2 Å². The van der Waals surface area contributed by atoms with Gasteiger partial charge in [0, 0.05) is 26.1 Å². The third-order valence-corrected chi connectivity index (χ3v) is 3.07. The Hall–Kier alpha value is -2.28. The van der Waals surface area contributed by atoms with Gasteiger partial charge in [0.2, 0.25) is 5.91 Å². The van der Waals surface area contributed by atoms with E-state index >= 15 is 0 Å². The van der Waals surface area contributed by atoms with Crippen molar-refractivity contribution in [2.24, 2.45) is 0 Å². The zero-order valence-electron chi connectivity index (χ0n) is 10.9. The predicted octanol–water partition coefficient (Wildman–Crippen LogP) is 2.01. The quantitative estimate of drug-likeness (QED) is 0.774. The molecule has 19 heavy (non-hydrogen) atoms. The Morgan fingerprint density at radius 2 is 2.42 bits per heavy atom. The van der Waals surface area contributed by atoms with Gasteiger partial charge in [-0.25, -0.2) is 0 Å². The van der Waals surface area contributed by atoms with Gasteiger partial charge in [0.25, 0.3) is 0 Å². The molecule has 0 aromatic heterocycles. The van der Waals surface area contributed by atoms with Gasteiger partial charge in [-0.15, -0.1) is 0 Å². The van der Waals surface area contributed by atoms with Crippen LogP contribution in [0, 0.1) is 11.3 Å². The highest BCUT2D eigenvalue weighted by Crippen LogP contribution is 2.26. The second-order valence-corrected chi connectivity index (χ2v) is 4.47. The molecule has 0 aliphatic carbocycles. The van der Waals surface area contributed by atoms with Crippen molar-refractivity contribution in [2.45, 2.75) is 12.8 Å². The largest absolute Gasteiger partial charge is 0.493 e. The summed E-state index contributed by atoms with van der Waals surface area (Å²) in [6.45, 7) is 1.19. The summed E-state index contributed by atoms with van der Waals surface area (Å²) >= 11 is 0. The highest BCUT2D eigenvalue weighted by molar-refractivity contribution is 5.91. The van der Waals surface area contributed by atoms with Crippen molar-refractivity contribution in [3.8, 4) is 11.8 Å². The maximum absolute atomic E-state index is 11.8. The van der Waals surface area contributed by atoms with Gasteiger partial charge in [-0.2, -0.15) is 5.26 Å². The average Bonchev–Trinajstić information content (AvgIpc) is 2.89.